The Balaban J connectivity index is 2.57. The molecule has 0 aliphatic rings. The Kier molecular flexibility index (Phi) is 5.21. The molecule has 0 saturated heterocycles. The maximum atomic E-state index is 12.0. The minimum Gasteiger partial charge on any atom is -0.383 e. The van der Waals surface area contributed by atoms with E-state index in [1.807, 2.05) is 30.3 Å². The summed E-state index contributed by atoms with van der Waals surface area (Å²) in [6.07, 6.45) is -2.34. The Labute approximate surface area is 88.3 Å². The number of hydrogen-bond donors (Lipinski definition) is 1. The maximum Gasteiger partial charge on any atom is 0.250 e. The second-order valence-electron chi connectivity index (χ2n) is 3.22. The van der Waals surface area contributed by atoms with E-state index >= 15 is 0 Å². The van der Waals surface area contributed by atoms with Crippen LogP contribution in [0.1, 0.15) is 11.6 Å². The van der Waals surface area contributed by atoms with Gasteiger partial charge in [-0.05, 0) is 5.56 Å². The lowest BCUT2D eigenvalue weighted by Crippen LogP contribution is -2.29. The average molecular weight is 215 g/mol. The normalized spacial score (nSPS) is 13.1. The zero-order valence-corrected chi connectivity index (χ0v) is 8.62. The number of alkyl halides is 2. The molecule has 0 heterocycles. The van der Waals surface area contributed by atoms with Gasteiger partial charge in [0, 0.05) is 7.11 Å². The molecule has 0 amide bonds. The molecule has 0 aliphatic carbocycles. The van der Waals surface area contributed by atoms with Gasteiger partial charge in [0.05, 0.1) is 19.2 Å². The van der Waals surface area contributed by atoms with Crippen LogP contribution in [0.15, 0.2) is 30.3 Å². The summed E-state index contributed by atoms with van der Waals surface area (Å²) < 4.78 is 29.1. The molecule has 0 bridgehead atoms. The third-order valence-electron chi connectivity index (χ3n) is 2.05. The number of ether oxygens (including phenoxy) is 1. The SMILES string of the molecule is COCC(NCC(F)F)c1ccccc1. The zero-order chi connectivity index (χ0) is 11.1. The van der Waals surface area contributed by atoms with Crippen molar-refractivity contribution in [3.8, 4) is 0 Å². The third kappa shape index (κ3) is 4.36. The molecule has 0 fully saturated rings. The molecule has 1 unspecified atom stereocenters. The molecule has 1 atom stereocenters. The van der Waals surface area contributed by atoms with Crippen molar-refractivity contribution in [1.82, 2.24) is 5.32 Å². The Hall–Kier alpha value is -1.00. The zero-order valence-electron chi connectivity index (χ0n) is 8.62. The minimum atomic E-state index is -2.34. The largest absolute Gasteiger partial charge is 0.383 e. The van der Waals surface area contributed by atoms with Gasteiger partial charge in [-0.15, -0.1) is 0 Å². The average Bonchev–Trinajstić information content (AvgIpc) is 2.25. The van der Waals surface area contributed by atoms with Crippen LogP contribution in [0.3, 0.4) is 0 Å². The lowest BCUT2D eigenvalue weighted by atomic mass is 10.1. The van der Waals surface area contributed by atoms with Crippen molar-refractivity contribution in [3.63, 3.8) is 0 Å². The highest BCUT2D eigenvalue weighted by Gasteiger charge is 2.12. The third-order valence-corrected chi connectivity index (χ3v) is 2.05. The van der Waals surface area contributed by atoms with E-state index in [0.717, 1.165) is 5.56 Å². The van der Waals surface area contributed by atoms with Crippen molar-refractivity contribution >= 4 is 0 Å². The van der Waals surface area contributed by atoms with Crippen molar-refractivity contribution in [3.05, 3.63) is 35.9 Å². The first-order valence-electron chi connectivity index (χ1n) is 4.79. The molecule has 0 radical (unpaired) electrons. The molecule has 84 valence electrons. The van der Waals surface area contributed by atoms with Gasteiger partial charge < -0.3 is 10.1 Å². The van der Waals surface area contributed by atoms with Gasteiger partial charge in [-0.25, -0.2) is 8.78 Å². The van der Waals surface area contributed by atoms with Crippen molar-refractivity contribution < 1.29 is 13.5 Å². The van der Waals surface area contributed by atoms with Gasteiger partial charge in [0.1, 0.15) is 0 Å². The lowest BCUT2D eigenvalue weighted by Gasteiger charge is -2.17. The first kappa shape index (κ1) is 12.1. The monoisotopic (exact) mass is 215 g/mol. The Morgan fingerprint density at radius 2 is 1.93 bits per heavy atom. The van der Waals surface area contributed by atoms with Crippen LogP contribution in [-0.4, -0.2) is 26.7 Å². The first-order valence-corrected chi connectivity index (χ1v) is 4.79. The molecule has 15 heavy (non-hydrogen) atoms. The number of nitrogens with one attached hydrogen (secondary N) is 1. The fraction of sp³-hybridized carbons (Fsp3) is 0.455. The first-order chi connectivity index (χ1) is 7.24. The van der Waals surface area contributed by atoms with Gasteiger partial charge in [0.25, 0.3) is 6.43 Å². The molecule has 2 nitrogen and oxygen atoms in total. The van der Waals surface area contributed by atoms with Crippen LogP contribution in [0.4, 0.5) is 8.78 Å². The predicted molar refractivity (Wildman–Crippen MR) is 55.1 cm³/mol. The minimum absolute atomic E-state index is 0.176. The van der Waals surface area contributed by atoms with Gasteiger partial charge in [-0.3, -0.25) is 0 Å². The topological polar surface area (TPSA) is 21.3 Å². The van der Waals surface area contributed by atoms with Crippen molar-refractivity contribution in [2.24, 2.45) is 0 Å². The summed E-state index contributed by atoms with van der Waals surface area (Å²) in [4.78, 5) is 0. The molecule has 1 rings (SSSR count). The molecule has 0 aromatic heterocycles. The molecule has 1 N–H and O–H groups in total. The number of halogens is 2. The molecular weight excluding hydrogens is 200 g/mol. The standard InChI is InChI=1S/C11H15F2NO/c1-15-8-10(14-7-11(12)13)9-5-3-2-4-6-9/h2-6,10-11,14H,7-8H2,1H3. The highest BCUT2D eigenvalue weighted by molar-refractivity contribution is 5.18. The van der Waals surface area contributed by atoms with E-state index < -0.39 is 6.43 Å². The van der Waals surface area contributed by atoms with Crippen LogP contribution >= 0.6 is 0 Å². The number of rotatable bonds is 6. The number of methoxy groups -OCH3 is 1. The van der Waals surface area contributed by atoms with Crippen molar-refractivity contribution in [2.45, 2.75) is 12.5 Å². The number of benzene rings is 1. The van der Waals surface area contributed by atoms with E-state index in [0.29, 0.717) is 6.61 Å². The van der Waals surface area contributed by atoms with E-state index in [-0.39, 0.29) is 12.6 Å². The Morgan fingerprint density at radius 3 is 2.47 bits per heavy atom. The van der Waals surface area contributed by atoms with E-state index in [4.69, 9.17) is 4.74 Å². The summed E-state index contributed by atoms with van der Waals surface area (Å²) >= 11 is 0. The summed E-state index contributed by atoms with van der Waals surface area (Å²) in [6.45, 7) is 0.0691. The second-order valence-corrected chi connectivity index (χ2v) is 3.22. The van der Waals surface area contributed by atoms with Gasteiger partial charge in [-0.1, -0.05) is 30.3 Å². The van der Waals surface area contributed by atoms with Gasteiger partial charge in [-0.2, -0.15) is 0 Å². The second kappa shape index (κ2) is 6.48. The molecule has 1 aromatic rings. The quantitative estimate of drug-likeness (QED) is 0.785. The van der Waals surface area contributed by atoms with Gasteiger partial charge in [0.15, 0.2) is 0 Å². The summed E-state index contributed by atoms with van der Waals surface area (Å²) in [5.41, 5.74) is 0.958. The smallest absolute Gasteiger partial charge is 0.250 e. The lowest BCUT2D eigenvalue weighted by molar-refractivity contribution is 0.122. The molecule has 0 aliphatic heterocycles. The van der Waals surface area contributed by atoms with E-state index in [9.17, 15) is 8.78 Å². The summed E-state index contributed by atoms with van der Waals surface area (Å²) in [6, 6.07) is 9.25. The van der Waals surface area contributed by atoms with Crippen LogP contribution < -0.4 is 5.32 Å². The highest BCUT2D eigenvalue weighted by atomic mass is 19.3. The summed E-state index contributed by atoms with van der Waals surface area (Å²) in [5, 5.41) is 2.76. The molecule has 1 aromatic carbocycles. The van der Waals surface area contributed by atoms with Crippen LogP contribution in [0.5, 0.6) is 0 Å². The van der Waals surface area contributed by atoms with E-state index in [1.165, 1.54) is 0 Å². The van der Waals surface area contributed by atoms with Crippen LogP contribution in [0, 0.1) is 0 Å². The maximum absolute atomic E-state index is 12.0. The summed E-state index contributed by atoms with van der Waals surface area (Å²) in [7, 11) is 1.56. The fourth-order valence-corrected chi connectivity index (χ4v) is 1.36. The van der Waals surface area contributed by atoms with E-state index in [2.05, 4.69) is 5.32 Å². The Morgan fingerprint density at radius 1 is 1.27 bits per heavy atom. The predicted octanol–water partition coefficient (Wildman–Crippen LogP) is 2.23. The fourth-order valence-electron chi connectivity index (χ4n) is 1.36. The van der Waals surface area contributed by atoms with Crippen molar-refractivity contribution in [1.29, 1.82) is 0 Å². The van der Waals surface area contributed by atoms with Gasteiger partial charge in [0.2, 0.25) is 0 Å². The van der Waals surface area contributed by atoms with Crippen LogP contribution in [-0.2, 0) is 4.74 Å². The summed E-state index contributed by atoms with van der Waals surface area (Å²) in [5.74, 6) is 0. The van der Waals surface area contributed by atoms with Gasteiger partial charge >= 0.3 is 0 Å². The molecule has 4 heteroatoms. The van der Waals surface area contributed by atoms with E-state index in [1.54, 1.807) is 7.11 Å². The number of hydrogen-bond acceptors (Lipinski definition) is 2. The van der Waals surface area contributed by atoms with Crippen LogP contribution in [0.25, 0.3) is 0 Å². The Bertz CT molecular complexity index is 267. The molecule has 0 spiro atoms. The highest BCUT2D eigenvalue weighted by Crippen LogP contribution is 2.12. The van der Waals surface area contributed by atoms with Crippen molar-refractivity contribution in [2.75, 3.05) is 20.3 Å². The van der Waals surface area contributed by atoms with Crippen LogP contribution in [0.2, 0.25) is 0 Å². The molecular formula is C11H15F2NO. The molecule has 0 saturated carbocycles.